The summed E-state index contributed by atoms with van der Waals surface area (Å²) in [5.41, 5.74) is 1.41. The van der Waals surface area contributed by atoms with Crippen LogP contribution in [0, 0.1) is 12.8 Å². The lowest BCUT2D eigenvalue weighted by Gasteiger charge is -2.39. The number of benzene rings is 1. The predicted octanol–water partition coefficient (Wildman–Crippen LogP) is 4.68. The predicted molar refractivity (Wildman–Crippen MR) is 122 cm³/mol. The molecular formula is C24H39N3O3. The van der Waals surface area contributed by atoms with Gasteiger partial charge in [0.05, 0.1) is 6.04 Å². The molecule has 2 amide bonds. The Labute approximate surface area is 182 Å². The second kappa shape index (κ2) is 10.3. The topological polar surface area (TPSA) is 61.9 Å². The van der Waals surface area contributed by atoms with Gasteiger partial charge >= 0.3 is 6.09 Å². The van der Waals surface area contributed by atoms with E-state index >= 15 is 0 Å². The maximum Gasteiger partial charge on any atom is 0.410 e. The molecule has 1 fully saturated rings. The standard InChI is InChI=1S/C24H39N3O3/c1-17(2)27(23(29)30-24(5,6)7)16-20-12-10-14-26(15-20)19(4)22(28)25-21-13-9-8-11-18(21)3/h8-9,11,13,17,19-20H,10,12,14-16H2,1-7H3,(H,25,28). The minimum Gasteiger partial charge on any atom is -0.444 e. The highest BCUT2D eigenvalue weighted by Gasteiger charge is 2.31. The molecule has 0 radical (unpaired) electrons. The Morgan fingerprint density at radius 3 is 2.50 bits per heavy atom. The summed E-state index contributed by atoms with van der Waals surface area (Å²) in [7, 11) is 0. The number of hydrogen-bond acceptors (Lipinski definition) is 4. The number of likely N-dealkylation sites (tertiary alicyclic amines) is 1. The lowest BCUT2D eigenvalue weighted by molar-refractivity contribution is -0.121. The second-order valence-electron chi connectivity index (χ2n) is 9.71. The first-order valence-corrected chi connectivity index (χ1v) is 11.1. The van der Waals surface area contributed by atoms with E-state index in [1.54, 1.807) is 0 Å². The number of amides is 2. The van der Waals surface area contributed by atoms with E-state index in [1.165, 1.54) is 0 Å². The molecular weight excluding hydrogens is 378 g/mol. The van der Waals surface area contributed by atoms with Crippen molar-refractivity contribution in [2.24, 2.45) is 5.92 Å². The fourth-order valence-electron chi connectivity index (χ4n) is 3.81. The van der Waals surface area contributed by atoms with Gasteiger partial charge in [-0.15, -0.1) is 0 Å². The van der Waals surface area contributed by atoms with Crippen LogP contribution in [-0.2, 0) is 9.53 Å². The first kappa shape index (κ1) is 24.2. The summed E-state index contributed by atoms with van der Waals surface area (Å²) in [5, 5.41) is 3.06. The van der Waals surface area contributed by atoms with Crippen molar-refractivity contribution >= 4 is 17.7 Å². The molecule has 1 saturated heterocycles. The van der Waals surface area contributed by atoms with Gasteiger partial charge in [-0.2, -0.15) is 0 Å². The summed E-state index contributed by atoms with van der Waals surface area (Å²) in [6, 6.07) is 7.67. The van der Waals surface area contributed by atoms with Crippen LogP contribution in [0.15, 0.2) is 24.3 Å². The summed E-state index contributed by atoms with van der Waals surface area (Å²) >= 11 is 0. The van der Waals surface area contributed by atoms with Crippen molar-refractivity contribution in [2.45, 2.75) is 79.0 Å². The molecule has 1 N–H and O–H groups in total. The average Bonchev–Trinajstić information content (AvgIpc) is 2.65. The van der Waals surface area contributed by atoms with E-state index in [0.717, 1.165) is 37.2 Å². The van der Waals surface area contributed by atoms with Crippen LogP contribution in [-0.4, -0.2) is 59.1 Å². The summed E-state index contributed by atoms with van der Waals surface area (Å²) in [6.07, 6.45) is 1.81. The van der Waals surface area contributed by atoms with E-state index in [1.807, 2.05) is 77.6 Å². The summed E-state index contributed by atoms with van der Waals surface area (Å²) in [5.74, 6) is 0.334. The van der Waals surface area contributed by atoms with E-state index in [9.17, 15) is 9.59 Å². The Kier molecular flexibility index (Phi) is 8.30. The third kappa shape index (κ3) is 7.01. The van der Waals surface area contributed by atoms with Crippen LogP contribution < -0.4 is 5.32 Å². The molecule has 6 heteroatoms. The van der Waals surface area contributed by atoms with Gasteiger partial charge in [0.15, 0.2) is 0 Å². The van der Waals surface area contributed by atoms with E-state index in [2.05, 4.69) is 10.2 Å². The van der Waals surface area contributed by atoms with Crippen molar-refractivity contribution in [2.75, 3.05) is 25.0 Å². The Balaban J connectivity index is 1.98. The van der Waals surface area contributed by atoms with Crippen molar-refractivity contribution in [1.29, 1.82) is 0 Å². The zero-order valence-corrected chi connectivity index (χ0v) is 19.7. The Bertz CT molecular complexity index is 727. The smallest absolute Gasteiger partial charge is 0.410 e. The molecule has 6 nitrogen and oxygen atoms in total. The van der Waals surface area contributed by atoms with Gasteiger partial charge in [0.1, 0.15) is 5.60 Å². The third-order valence-corrected chi connectivity index (χ3v) is 5.59. The molecule has 30 heavy (non-hydrogen) atoms. The highest BCUT2D eigenvalue weighted by molar-refractivity contribution is 5.95. The SMILES string of the molecule is Cc1ccccc1NC(=O)C(C)N1CCCC(CN(C(=O)OC(C)(C)C)C(C)C)C1. The molecule has 0 aliphatic carbocycles. The van der Waals surface area contributed by atoms with Crippen molar-refractivity contribution in [3.8, 4) is 0 Å². The van der Waals surface area contributed by atoms with Crippen LogP contribution in [0.4, 0.5) is 10.5 Å². The Morgan fingerprint density at radius 2 is 1.90 bits per heavy atom. The van der Waals surface area contributed by atoms with E-state index < -0.39 is 5.60 Å². The number of carbonyl (C=O) groups is 2. The number of aryl methyl sites for hydroxylation is 1. The lowest BCUT2D eigenvalue weighted by Crippen LogP contribution is -2.50. The van der Waals surface area contributed by atoms with E-state index in [4.69, 9.17) is 4.74 Å². The molecule has 1 aromatic carbocycles. The minimum absolute atomic E-state index is 0.0119. The number of nitrogens with zero attached hydrogens (tertiary/aromatic N) is 2. The zero-order chi connectivity index (χ0) is 22.5. The van der Waals surface area contributed by atoms with Gasteiger partial charge in [0.25, 0.3) is 0 Å². The highest BCUT2D eigenvalue weighted by Crippen LogP contribution is 2.23. The van der Waals surface area contributed by atoms with Crippen molar-refractivity contribution in [1.82, 2.24) is 9.80 Å². The lowest BCUT2D eigenvalue weighted by atomic mass is 9.95. The molecule has 2 atom stereocenters. The van der Waals surface area contributed by atoms with Gasteiger partial charge in [-0.1, -0.05) is 18.2 Å². The average molecular weight is 418 g/mol. The van der Waals surface area contributed by atoms with E-state index in [0.29, 0.717) is 12.5 Å². The van der Waals surface area contributed by atoms with Crippen LogP contribution in [0.5, 0.6) is 0 Å². The summed E-state index contributed by atoms with van der Waals surface area (Å²) in [6.45, 7) is 16.0. The number of para-hydroxylation sites is 1. The van der Waals surface area contributed by atoms with Crippen molar-refractivity contribution < 1.29 is 14.3 Å². The first-order valence-electron chi connectivity index (χ1n) is 11.1. The number of nitrogens with one attached hydrogen (secondary N) is 1. The van der Waals surface area contributed by atoms with Gasteiger partial charge in [0.2, 0.25) is 5.91 Å². The zero-order valence-electron chi connectivity index (χ0n) is 19.7. The molecule has 1 aromatic rings. The molecule has 0 aromatic heterocycles. The maximum atomic E-state index is 12.8. The number of piperidine rings is 1. The van der Waals surface area contributed by atoms with Crippen molar-refractivity contribution in [3.63, 3.8) is 0 Å². The largest absolute Gasteiger partial charge is 0.444 e. The summed E-state index contributed by atoms with van der Waals surface area (Å²) < 4.78 is 5.60. The molecule has 168 valence electrons. The number of rotatable bonds is 6. The number of hydrogen-bond donors (Lipinski definition) is 1. The fourth-order valence-corrected chi connectivity index (χ4v) is 3.81. The normalized spacial score (nSPS) is 18.7. The van der Waals surface area contributed by atoms with Crippen LogP contribution in [0.25, 0.3) is 0 Å². The van der Waals surface area contributed by atoms with Gasteiger partial charge in [-0.3, -0.25) is 9.69 Å². The summed E-state index contributed by atoms with van der Waals surface area (Å²) in [4.78, 5) is 29.5. The van der Waals surface area contributed by atoms with E-state index in [-0.39, 0.29) is 24.1 Å². The molecule has 0 bridgehead atoms. The molecule has 2 rings (SSSR count). The number of ether oxygens (including phenoxy) is 1. The molecule has 0 spiro atoms. The van der Waals surface area contributed by atoms with Crippen LogP contribution in [0.1, 0.15) is 59.9 Å². The van der Waals surface area contributed by atoms with Gasteiger partial charge < -0.3 is 15.0 Å². The quantitative estimate of drug-likeness (QED) is 0.730. The molecule has 1 aliphatic heterocycles. The monoisotopic (exact) mass is 417 g/mol. The first-order chi connectivity index (χ1) is 14.0. The minimum atomic E-state index is -0.509. The van der Waals surface area contributed by atoms with Gasteiger partial charge in [-0.05, 0) is 85.4 Å². The van der Waals surface area contributed by atoms with Crippen molar-refractivity contribution in [3.05, 3.63) is 29.8 Å². The van der Waals surface area contributed by atoms with Crippen LogP contribution >= 0.6 is 0 Å². The number of carbonyl (C=O) groups excluding carboxylic acids is 2. The molecule has 2 unspecified atom stereocenters. The highest BCUT2D eigenvalue weighted by atomic mass is 16.6. The maximum absolute atomic E-state index is 12.8. The Morgan fingerprint density at radius 1 is 1.23 bits per heavy atom. The fraction of sp³-hybridized carbons (Fsp3) is 0.667. The van der Waals surface area contributed by atoms with Crippen LogP contribution in [0.3, 0.4) is 0 Å². The van der Waals surface area contributed by atoms with Crippen LogP contribution in [0.2, 0.25) is 0 Å². The third-order valence-electron chi connectivity index (χ3n) is 5.59. The molecule has 1 aliphatic rings. The number of anilines is 1. The second-order valence-corrected chi connectivity index (χ2v) is 9.71. The Hall–Kier alpha value is -2.08. The van der Waals surface area contributed by atoms with Gasteiger partial charge in [0, 0.05) is 24.8 Å². The van der Waals surface area contributed by atoms with Gasteiger partial charge in [-0.25, -0.2) is 4.79 Å². The molecule has 1 heterocycles. The molecule has 0 saturated carbocycles.